The molecule has 2 heterocycles. The van der Waals surface area contributed by atoms with E-state index in [-0.39, 0.29) is 17.8 Å². The number of methoxy groups -OCH3 is 1. The summed E-state index contributed by atoms with van der Waals surface area (Å²) in [7, 11) is -4.64. The van der Waals surface area contributed by atoms with E-state index in [0.29, 0.717) is 11.4 Å². The van der Waals surface area contributed by atoms with Crippen molar-refractivity contribution in [2.75, 3.05) is 13.7 Å². The van der Waals surface area contributed by atoms with Gasteiger partial charge in [0.15, 0.2) is 5.65 Å². The molecule has 0 radical (unpaired) electrons. The summed E-state index contributed by atoms with van der Waals surface area (Å²) < 4.78 is 76.2. The van der Waals surface area contributed by atoms with Crippen LogP contribution in [0.2, 0.25) is 0 Å². The lowest BCUT2D eigenvalue weighted by atomic mass is 10.2. The molecule has 10 nitrogen and oxygen atoms in total. The molecule has 0 aliphatic carbocycles. The van der Waals surface area contributed by atoms with Crippen LogP contribution in [0.15, 0.2) is 30.3 Å². The molecule has 30 heavy (non-hydrogen) atoms. The van der Waals surface area contributed by atoms with Crippen LogP contribution in [0.4, 0.5) is 13.2 Å². The lowest BCUT2D eigenvalue weighted by Gasteiger charge is -2.12. The molecule has 0 amide bonds. The van der Waals surface area contributed by atoms with Crippen LogP contribution in [-0.4, -0.2) is 53.6 Å². The fraction of sp³-hybridized carbons (Fsp3) is 0.250. The Balaban J connectivity index is 2.17. The normalized spacial score (nSPS) is 12.0. The summed E-state index contributed by atoms with van der Waals surface area (Å²) in [6.45, 7) is 1.33. The maximum absolute atomic E-state index is 12.8. The molecule has 0 saturated heterocycles. The summed E-state index contributed by atoms with van der Waals surface area (Å²) in [5.74, 6) is -1.73. The molecule has 0 aliphatic heterocycles. The number of ether oxygens (including phenoxy) is 2. The van der Waals surface area contributed by atoms with Crippen LogP contribution in [-0.2, 0) is 14.9 Å². The minimum atomic E-state index is -6.10. The third kappa shape index (κ3) is 3.98. The van der Waals surface area contributed by atoms with E-state index in [2.05, 4.69) is 19.5 Å². The van der Waals surface area contributed by atoms with Gasteiger partial charge < -0.3 is 13.7 Å². The highest BCUT2D eigenvalue weighted by atomic mass is 32.2. The van der Waals surface area contributed by atoms with Crippen molar-refractivity contribution < 1.29 is 40.0 Å². The van der Waals surface area contributed by atoms with Gasteiger partial charge in [0.1, 0.15) is 16.8 Å². The second kappa shape index (κ2) is 7.78. The maximum Gasteiger partial charge on any atom is 0.534 e. The van der Waals surface area contributed by atoms with Crippen LogP contribution in [0.25, 0.3) is 16.9 Å². The van der Waals surface area contributed by atoms with E-state index in [1.807, 2.05) is 0 Å². The largest absolute Gasteiger partial charge is 0.534 e. The Morgan fingerprint density at radius 2 is 1.87 bits per heavy atom. The average molecular weight is 446 g/mol. The monoisotopic (exact) mass is 446 g/mol. The standard InChI is InChI=1S/C16H13F3N4O6S/c1-3-28-15(24)11-8-12-13(20-14(11)29-30(25,26)16(17,18)19)23(22-21-12)9-4-6-10(27-2)7-5-9/h4-8H,3H2,1-2H3. The first-order valence-corrected chi connectivity index (χ1v) is 9.57. The second-order valence-electron chi connectivity index (χ2n) is 5.59. The highest BCUT2D eigenvalue weighted by Gasteiger charge is 2.49. The van der Waals surface area contributed by atoms with Crippen molar-refractivity contribution in [2.45, 2.75) is 12.4 Å². The minimum absolute atomic E-state index is 0.00868. The number of esters is 1. The SMILES string of the molecule is CCOC(=O)c1cc2nnn(-c3ccc(OC)cc3)c2nc1OS(=O)(=O)C(F)(F)F. The molecule has 0 N–H and O–H groups in total. The quantitative estimate of drug-likeness (QED) is 0.319. The zero-order valence-corrected chi connectivity index (χ0v) is 16.2. The first kappa shape index (κ1) is 21.3. The zero-order valence-electron chi connectivity index (χ0n) is 15.4. The van der Waals surface area contributed by atoms with Gasteiger partial charge in [0, 0.05) is 0 Å². The number of fused-ring (bicyclic) bond motifs is 1. The number of hydrogen-bond donors (Lipinski definition) is 0. The Hall–Kier alpha value is -3.42. The second-order valence-corrected chi connectivity index (χ2v) is 7.12. The number of rotatable bonds is 6. The zero-order chi connectivity index (χ0) is 22.1. The van der Waals surface area contributed by atoms with Gasteiger partial charge in [-0.15, -0.1) is 5.10 Å². The first-order chi connectivity index (χ1) is 14.1. The van der Waals surface area contributed by atoms with E-state index in [0.717, 1.165) is 10.7 Å². The summed E-state index contributed by atoms with van der Waals surface area (Å²) in [5, 5.41) is 7.65. The molecule has 0 bridgehead atoms. The van der Waals surface area contributed by atoms with Crippen LogP contribution >= 0.6 is 0 Å². The van der Waals surface area contributed by atoms with Gasteiger partial charge in [-0.1, -0.05) is 5.21 Å². The molecule has 0 atom stereocenters. The number of pyridine rings is 1. The summed E-state index contributed by atoms with van der Waals surface area (Å²) in [5.41, 5.74) is -6.16. The predicted octanol–water partition coefficient (Wildman–Crippen LogP) is 2.23. The summed E-state index contributed by atoms with van der Waals surface area (Å²) in [4.78, 5) is 15.9. The highest BCUT2D eigenvalue weighted by molar-refractivity contribution is 7.88. The van der Waals surface area contributed by atoms with Gasteiger partial charge in [-0.05, 0) is 37.3 Å². The lowest BCUT2D eigenvalue weighted by Crippen LogP contribution is -2.29. The number of carbonyl (C=O) groups excluding carboxylic acids is 1. The predicted molar refractivity (Wildman–Crippen MR) is 94.8 cm³/mol. The number of hydrogen-bond acceptors (Lipinski definition) is 9. The number of alkyl halides is 3. The number of benzene rings is 1. The van der Waals surface area contributed by atoms with Crippen molar-refractivity contribution in [3.05, 3.63) is 35.9 Å². The minimum Gasteiger partial charge on any atom is -0.497 e. The third-order valence-corrected chi connectivity index (χ3v) is 4.62. The summed E-state index contributed by atoms with van der Waals surface area (Å²) in [6.07, 6.45) is 0. The van der Waals surface area contributed by atoms with Crippen LogP contribution in [0, 0.1) is 0 Å². The number of aromatic nitrogens is 4. The van der Waals surface area contributed by atoms with Crippen molar-refractivity contribution in [3.8, 4) is 17.3 Å². The Morgan fingerprint density at radius 1 is 1.20 bits per heavy atom. The van der Waals surface area contributed by atoms with E-state index in [1.165, 1.54) is 14.0 Å². The third-order valence-electron chi connectivity index (χ3n) is 3.67. The molecule has 1 aromatic carbocycles. The van der Waals surface area contributed by atoms with Crippen molar-refractivity contribution in [1.29, 1.82) is 0 Å². The fourth-order valence-corrected chi connectivity index (χ4v) is 2.74. The van der Waals surface area contributed by atoms with Crippen molar-refractivity contribution in [1.82, 2.24) is 20.0 Å². The van der Waals surface area contributed by atoms with Crippen molar-refractivity contribution >= 4 is 27.3 Å². The van der Waals surface area contributed by atoms with Crippen molar-refractivity contribution in [3.63, 3.8) is 0 Å². The molecule has 3 rings (SSSR count). The molecular formula is C16H13F3N4O6S. The maximum atomic E-state index is 12.8. The molecule has 0 saturated carbocycles. The van der Waals surface area contributed by atoms with Crippen LogP contribution < -0.4 is 8.92 Å². The highest BCUT2D eigenvalue weighted by Crippen LogP contribution is 2.30. The smallest absolute Gasteiger partial charge is 0.497 e. The molecule has 3 aromatic rings. The Morgan fingerprint density at radius 3 is 2.43 bits per heavy atom. The van der Waals surface area contributed by atoms with Gasteiger partial charge in [0.05, 0.1) is 19.4 Å². The van der Waals surface area contributed by atoms with Crippen molar-refractivity contribution in [2.24, 2.45) is 0 Å². The molecule has 0 spiro atoms. The number of halogens is 3. The molecule has 0 aliphatic rings. The van der Waals surface area contributed by atoms with Gasteiger partial charge in [-0.2, -0.15) is 31.3 Å². The van der Waals surface area contributed by atoms with Gasteiger partial charge in [0.2, 0.25) is 5.88 Å². The molecule has 160 valence electrons. The number of carbonyl (C=O) groups is 1. The van der Waals surface area contributed by atoms with Gasteiger partial charge in [-0.3, -0.25) is 0 Å². The van der Waals surface area contributed by atoms with Crippen LogP contribution in [0.1, 0.15) is 17.3 Å². The van der Waals surface area contributed by atoms with E-state index in [4.69, 9.17) is 9.47 Å². The van der Waals surface area contributed by atoms with Gasteiger partial charge in [-0.25, -0.2) is 4.79 Å². The van der Waals surface area contributed by atoms with Crippen LogP contribution in [0.5, 0.6) is 11.6 Å². The van der Waals surface area contributed by atoms with Gasteiger partial charge in [0.25, 0.3) is 0 Å². The molecule has 2 aromatic heterocycles. The fourth-order valence-electron chi connectivity index (χ4n) is 2.31. The van der Waals surface area contributed by atoms with E-state index in [9.17, 15) is 26.4 Å². The van der Waals surface area contributed by atoms with E-state index in [1.54, 1.807) is 24.3 Å². The molecule has 0 unspecified atom stereocenters. The topological polar surface area (TPSA) is 122 Å². The van der Waals surface area contributed by atoms with Gasteiger partial charge >= 0.3 is 21.6 Å². The Labute approximate surface area is 167 Å². The van der Waals surface area contributed by atoms with E-state index < -0.39 is 33.0 Å². The first-order valence-electron chi connectivity index (χ1n) is 8.16. The Bertz CT molecular complexity index is 1190. The molecule has 0 fully saturated rings. The molecular weight excluding hydrogens is 433 g/mol. The summed E-state index contributed by atoms with van der Waals surface area (Å²) in [6, 6.07) is 7.26. The average Bonchev–Trinajstić information content (AvgIpc) is 3.09. The lowest BCUT2D eigenvalue weighted by molar-refractivity contribution is -0.0501. The van der Waals surface area contributed by atoms with Crippen LogP contribution in [0.3, 0.4) is 0 Å². The Kier molecular flexibility index (Phi) is 5.52. The number of nitrogens with zero attached hydrogens (tertiary/aromatic N) is 4. The van der Waals surface area contributed by atoms with E-state index >= 15 is 0 Å². The summed E-state index contributed by atoms with van der Waals surface area (Å²) >= 11 is 0. The molecule has 14 heteroatoms.